The Balaban J connectivity index is 1.86. The number of nitrogens with zero attached hydrogens (tertiary/aromatic N) is 3. The van der Waals surface area contributed by atoms with E-state index in [9.17, 15) is 14.9 Å². The van der Waals surface area contributed by atoms with E-state index in [0.717, 1.165) is 10.4 Å². The zero-order valence-electron chi connectivity index (χ0n) is 15.2. The Morgan fingerprint density at radius 1 is 1.42 bits per heavy atom. The van der Waals surface area contributed by atoms with Gasteiger partial charge in [0.15, 0.2) is 0 Å². The summed E-state index contributed by atoms with van der Waals surface area (Å²) in [6.07, 6.45) is 5.99. The lowest BCUT2D eigenvalue weighted by atomic mass is 10.0. The number of amides is 2. The molecule has 1 fully saturated rings. The summed E-state index contributed by atoms with van der Waals surface area (Å²) in [6.45, 7) is 6.83. The highest BCUT2D eigenvalue weighted by molar-refractivity contribution is 7.16. The van der Waals surface area contributed by atoms with Crippen molar-refractivity contribution in [2.45, 2.75) is 45.8 Å². The second kappa shape index (κ2) is 6.66. The highest BCUT2D eigenvalue weighted by Gasteiger charge is 2.36. The molecule has 1 unspecified atom stereocenters. The molecule has 2 amide bonds. The van der Waals surface area contributed by atoms with Crippen molar-refractivity contribution in [3.05, 3.63) is 16.0 Å². The van der Waals surface area contributed by atoms with Crippen molar-refractivity contribution < 1.29 is 14.3 Å². The first-order chi connectivity index (χ1) is 12.2. The third-order valence-corrected chi connectivity index (χ3v) is 5.65. The molecule has 3 heterocycles. The van der Waals surface area contributed by atoms with Crippen molar-refractivity contribution in [1.29, 1.82) is 5.26 Å². The van der Waals surface area contributed by atoms with E-state index < -0.39 is 5.60 Å². The number of carbonyl (C=O) groups is 2. The monoisotopic (exact) mass is 371 g/mol. The second-order valence-corrected chi connectivity index (χ2v) is 8.60. The Bertz CT molecular complexity index is 838. The van der Waals surface area contributed by atoms with Crippen LogP contribution >= 0.6 is 11.3 Å². The largest absolute Gasteiger partial charge is 0.444 e. The minimum atomic E-state index is -0.554. The molecule has 7 heteroatoms. The van der Waals surface area contributed by atoms with Crippen LogP contribution in [0.25, 0.3) is 0 Å². The standard InChI is InChI=1S/C19H21N3O3S/c1-5-12-8-16(23)22(10-12)17-14(9-20)13-6-7-21(11-15(13)26-17)18(24)25-19(2,3)4/h1,12H,6-8,10-11H2,2-4H3. The Hall–Kier alpha value is -2.51. The normalized spacial score (nSPS) is 19.7. The molecule has 1 saturated heterocycles. The summed E-state index contributed by atoms with van der Waals surface area (Å²) in [5.41, 5.74) is 0.922. The molecule has 3 rings (SSSR count). The van der Waals surface area contributed by atoms with Crippen molar-refractivity contribution in [2.75, 3.05) is 18.0 Å². The van der Waals surface area contributed by atoms with Gasteiger partial charge in [0, 0.05) is 30.3 Å². The van der Waals surface area contributed by atoms with Crippen LogP contribution < -0.4 is 4.90 Å². The van der Waals surface area contributed by atoms with Gasteiger partial charge in [0.05, 0.1) is 12.1 Å². The van der Waals surface area contributed by atoms with Crippen LogP contribution in [-0.2, 0) is 22.5 Å². The van der Waals surface area contributed by atoms with E-state index in [1.54, 1.807) is 9.80 Å². The molecular formula is C19H21N3O3S. The second-order valence-electron chi connectivity index (χ2n) is 7.52. The van der Waals surface area contributed by atoms with Crippen LogP contribution in [0, 0.1) is 29.6 Å². The van der Waals surface area contributed by atoms with E-state index in [1.165, 1.54) is 11.3 Å². The molecule has 2 aliphatic heterocycles. The van der Waals surface area contributed by atoms with Crippen molar-refractivity contribution in [2.24, 2.45) is 5.92 Å². The van der Waals surface area contributed by atoms with Crippen LogP contribution in [0.3, 0.4) is 0 Å². The molecule has 0 spiro atoms. The first-order valence-corrected chi connectivity index (χ1v) is 9.34. The maximum Gasteiger partial charge on any atom is 0.410 e. The molecule has 0 N–H and O–H groups in total. The molecule has 2 aliphatic rings. The summed E-state index contributed by atoms with van der Waals surface area (Å²) in [7, 11) is 0. The van der Waals surface area contributed by atoms with Gasteiger partial charge in [-0.2, -0.15) is 5.26 Å². The zero-order valence-corrected chi connectivity index (χ0v) is 16.0. The smallest absolute Gasteiger partial charge is 0.410 e. The topological polar surface area (TPSA) is 73.6 Å². The molecule has 6 nitrogen and oxygen atoms in total. The van der Waals surface area contributed by atoms with E-state index >= 15 is 0 Å². The maximum atomic E-state index is 12.3. The van der Waals surface area contributed by atoms with Gasteiger partial charge in [0.2, 0.25) is 5.91 Å². The van der Waals surface area contributed by atoms with Gasteiger partial charge in [0.1, 0.15) is 16.7 Å². The van der Waals surface area contributed by atoms with E-state index in [0.29, 0.717) is 43.0 Å². The number of thiophene rings is 1. The van der Waals surface area contributed by atoms with Gasteiger partial charge < -0.3 is 14.5 Å². The summed E-state index contributed by atoms with van der Waals surface area (Å²) in [6, 6.07) is 2.25. The van der Waals surface area contributed by atoms with Gasteiger partial charge in [-0.15, -0.1) is 23.7 Å². The molecule has 1 aromatic rings. The van der Waals surface area contributed by atoms with E-state index in [-0.39, 0.29) is 17.9 Å². The molecule has 0 bridgehead atoms. The van der Waals surface area contributed by atoms with E-state index in [4.69, 9.17) is 11.2 Å². The minimum absolute atomic E-state index is 0.0490. The average Bonchev–Trinajstić information content (AvgIpc) is 3.11. The number of ether oxygens (including phenoxy) is 1. The lowest BCUT2D eigenvalue weighted by Crippen LogP contribution is -2.39. The minimum Gasteiger partial charge on any atom is -0.444 e. The first kappa shape index (κ1) is 18.3. The Labute approximate surface area is 157 Å². The fraction of sp³-hybridized carbons (Fsp3) is 0.526. The molecule has 0 radical (unpaired) electrons. The number of anilines is 1. The number of terminal acetylenes is 1. The summed E-state index contributed by atoms with van der Waals surface area (Å²) < 4.78 is 5.44. The third kappa shape index (κ3) is 3.40. The van der Waals surface area contributed by atoms with Gasteiger partial charge in [-0.05, 0) is 32.8 Å². The van der Waals surface area contributed by atoms with E-state index in [1.807, 2.05) is 20.8 Å². The van der Waals surface area contributed by atoms with Crippen molar-refractivity contribution in [1.82, 2.24) is 4.90 Å². The number of fused-ring (bicyclic) bond motifs is 1. The summed E-state index contributed by atoms with van der Waals surface area (Å²) >= 11 is 1.40. The number of hydrogen-bond acceptors (Lipinski definition) is 5. The van der Waals surface area contributed by atoms with Gasteiger partial charge in [-0.25, -0.2) is 4.79 Å². The molecule has 0 saturated carbocycles. The highest BCUT2D eigenvalue weighted by Crippen LogP contribution is 2.41. The highest BCUT2D eigenvalue weighted by atomic mass is 32.1. The quantitative estimate of drug-likeness (QED) is 0.712. The average molecular weight is 371 g/mol. The fourth-order valence-corrected chi connectivity index (χ4v) is 4.53. The van der Waals surface area contributed by atoms with Crippen molar-refractivity contribution in [3.63, 3.8) is 0 Å². The SMILES string of the molecule is C#CC1CC(=O)N(c2sc3c(c2C#N)CCN(C(=O)OC(C)(C)C)C3)C1. The molecule has 136 valence electrons. The number of carbonyl (C=O) groups excluding carboxylic acids is 2. The summed E-state index contributed by atoms with van der Waals surface area (Å²) in [4.78, 5) is 28.8. The molecule has 0 aliphatic carbocycles. The van der Waals surface area contributed by atoms with E-state index in [2.05, 4.69) is 12.0 Å². The lowest BCUT2D eigenvalue weighted by Gasteiger charge is -2.29. The van der Waals surface area contributed by atoms with Gasteiger partial charge >= 0.3 is 6.09 Å². The van der Waals surface area contributed by atoms with Crippen molar-refractivity contribution in [3.8, 4) is 18.4 Å². The first-order valence-electron chi connectivity index (χ1n) is 8.52. The van der Waals surface area contributed by atoms with Gasteiger partial charge in [-0.3, -0.25) is 4.79 Å². The summed E-state index contributed by atoms with van der Waals surface area (Å²) in [5, 5.41) is 10.3. The van der Waals surface area contributed by atoms with Crippen LogP contribution in [-0.4, -0.2) is 35.6 Å². The number of hydrogen-bond donors (Lipinski definition) is 0. The zero-order chi connectivity index (χ0) is 19.1. The van der Waals surface area contributed by atoms with Crippen LogP contribution in [0.5, 0.6) is 0 Å². The molecule has 1 atom stereocenters. The van der Waals surface area contributed by atoms with Crippen LogP contribution in [0.15, 0.2) is 0 Å². The maximum absolute atomic E-state index is 12.3. The molecule has 1 aromatic heterocycles. The van der Waals surface area contributed by atoms with Crippen LogP contribution in [0.4, 0.5) is 9.80 Å². The molecule has 26 heavy (non-hydrogen) atoms. The number of rotatable bonds is 1. The van der Waals surface area contributed by atoms with Gasteiger partial charge in [0.25, 0.3) is 0 Å². The lowest BCUT2D eigenvalue weighted by molar-refractivity contribution is -0.117. The van der Waals surface area contributed by atoms with Crippen LogP contribution in [0.1, 0.15) is 43.2 Å². The molecule has 0 aromatic carbocycles. The van der Waals surface area contributed by atoms with Crippen LogP contribution in [0.2, 0.25) is 0 Å². The predicted octanol–water partition coefficient (Wildman–Crippen LogP) is 2.90. The Kier molecular flexibility index (Phi) is 4.68. The number of nitriles is 1. The third-order valence-electron chi connectivity index (χ3n) is 4.41. The van der Waals surface area contributed by atoms with Crippen molar-refractivity contribution >= 4 is 28.3 Å². The van der Waals surface area contributed by atoms with Gasteiger partial charge in [-0.1, -0.05) is 0 Å². The molecular weight excluding hydrogens is 350 g/mol. The predicted molar refractivity (Wildman–Crippen MR) is 98.7 cm³/mol. The summed E-state index contributed by atoms with van der Waals surface area (Å²) in [5.74, 6) is 2.46. The Morgan fingerprint density at radius 2 is 2.15 bits per heavy atom. The fourth-order valence-electron chi connectivity index (χ4n) is 3.19. The Morgan fingerprint density at radius 3 is 2.73 bits per heavy atom.